The van der Waals surface area contributed by atoms with E-state index in [0.717, 1.165) is 32.1 Å². The number of esters is 1. The van der Waals surface area contributed by atoms with E-state index in [1.807, 2.05) is 0 Å². The van der Waals surface area contributed by atoms with Gasteiger partial charge in [-0.05, 0) is 32.1 Å². The van der Waals surface area contributed by atoms with Crippen LogP contribution in [-0.4, -0.2) is 12.1 Å². The van der Waals surface area contributed by atoms with E-state index < -0.39 is 0 Å². The van der Waals surface area contributed by atoms with Gasteiger partial charge in [0.15, 0.2) is 0 Å². The van der Waals surface area contributed by atoms with Crippen molar-refractivity contribution in [1.29, 1.82) is 0 Å². The maximum Gasteiger partial charge on any atom is 0.306 e. The highest BCUT2D eigenvalue weighted by molar-refractivity contribution is 5.69. The lowest BCUT2D eigenvalue weighted by molar-refractivity contribution is -0.149. The van der Waals surface area contributed by atoms with Gasteiger partial charge >= 0.3 is 5.97 Å². The smallest absolute Gasteiger partial charge is 0.306 e. The number of hydrogen-bond donors (Lipinski definition) is 0. The fraction of sp³-hybridized carbons (Fsp3) is 0.875. The Bertz CT molecular complexity index is 322. The van der Waals surface area contributed by atoms with Crippen LogP contribution in [0.2, 0.25) is 0 Å². The van der Waals surface area contributed by atoms with Crippen LogP contribution in [0.3, 0.4) is 0 Å². The minimum atomic E-state index is 0.00302. The Balaban J connectivity index is 4.01. The lowest BCUT2D eigenvalue weighted by Gasteiger charge is -2.16. The molecule has 2 nitrogen and oxygen atoms in total. The first-order chi connectivity index (χ1) is 12.7. The van der Waals surface area contributed by atoms with E-state index >= 15 is 0 Å². The summed E-state index contributed by atoms with van der Waals surface area (Å²) < 4.78 is 5.76. The van der Waals surface area contributed by atoms with Crippen LogP contribution in [0.4, 0.5) is 0 Å². The first-order valence-corrected chi connectivity index (χ1v) is 11.6. The van der Waals surface area contributed by atoms with Gasteiger partial charge in [-0.2, -0.15) is 0 Å². The molecule has 2 heteroatoms. The van der Waals surface area contributed by atoms with Crippen molar-refractivity contribution >= 4 is 5.97 Å². The largest absolute Gasteiger partial charge is 0.462 e. The zero-order valence-electron chi connectivity index (χ0n) is 18.1. The Labute approximate surface area is 164 Å². The highest BCUT2D eigenvalue weighted by Crippen LogP contribution is 2.15. The molecule has 26 heavy (non-hydrogen) atoms. The summed E-state index contributed by atoms with van der Waals surface area (Å²) in [5.41, 5.74) is 0. The second-order valence-electron chi connectivity index (χ2n) is 7.68. The Hall–Kier alpha value is -0.790. The van der Waals surface area contributed by atoms with Crippen LogP contribution in [0, 0.1) is 0 Å². The number of allylic oxidation sites excluding steroid dienone is 1. The van der Waals surface area contributed by atoms with Crippen LogP contribution in [-0.2, 0) is 9.53 Å². The van der Waals surface area contributed by atoms with Gasteiger partial charge in [0.25, 0.3) is 0 Å². The summed E-state index contributed by atoms with van der Waals surface area (Å²) in [6.07, 6.45) is 24.5. The molecule has 0 aliphatic carbocycles. The number of carbonyl (C=O) groups excluding carboxylic acids is 1. The molecule has 0 aromatic carbocycles. The SMILES string of the molecule is CCCCCCCCC=CCC(CCCCCC)OC(=O)CCCCC. The zero-order chi connectivity index (χ0) is 19.3. The summed E-state index contributed by atoms with van der Waals surface area (Å²) in [6, 6.07) is 0. The molecule has 1 unspecified atom stereocenters. The van der Waals surface area contributed by atoms with Crippen LogP contribution in [0.15, 0.2) is 12.2 Å². The number of hydrogen-bond acceptors (Lipinski definition) is 2. The molecule has 0 aromatic rings. The molecule has 0 saturated carbocycles. The van der Waals surface area contributed by atoms with Crippen molar-refractivity contribution in [3.8, 4) is 0 Å². The summed E-state index contributed by atoms with van der Waals surface area (Å²) >= 11 is 0. The maximum absolute atomic E-state index is 12.0. The minimum Gasteiger partial charge on any atom is -0.462 e. The second-order valence-corrected chi connectivity index (χ2v) is 7.68. The Morgan fingerprint density at radius 1 is 0.731 bits per heavy atom. The monoisotopic (exact) mass is 366 g/mol. The molecule has 0 aromatic heterocycles. The minimum absolute atomic E-state index is 0.00302. The maximum atomic E-state index is 12.0. The molecule has 0 aliphatic rings. The van der Waals surface area contributed by atoms with Crippen molar-refractivity contribution in [3.63, 3.8) is 0 Å². The molecule has 0 N–H and O–H groups in total. The summed E-state index contributed by atoms with van der Waals surface area (Å²) in [5, 5.41) is 0. The molecule has 0 spiro atoms. The average Bonchev–Trinajstić information content (AvgIpc) is 2.63. The van der Waals surface area contributed by atoms with E-state index in [9.17, 15) is 4.79 Å². The van der Waals surface area contributed by atoms with Crippen molar-refractivity contribution in [2.24, 2.45) is 0 Å². The standard InChI is InChI=1S/C24H46O2/c1-4-7-10-12-13-14-15-16-19-21-23(20-18-11-8-5-2)26-24(25)22-17-9-6-3/h16,19,23H,4-15,17-18,20-22H2,1-3H3. The number of unbranched alkanes of at least 4 members (excludes halogenated alkanes) is 11. The van der Waals surface area contributed by atoms with Gasteiger partial charge in [-0.1, -0.05) is 97.1 Å². The molecule has 0 fully saturated rings. The molecule has 0 saturated heterocycles. The molecule has 0 bridgehead atoms. The highest BCUT2D eigenvalue weighted by atomic mass is 16.5. The van der Waals surface area contributed by atoms with Gasteiger partial charge in [-0.15, -0.1) is 0 Å². The normalized spacial score (nSPS) is 12.6. The van der Waals surface area contributed by atoms with Gasteiger partial charge < -0.3 is 4.74 Å². The fourth-order valence-electron chi connectivity index (χ4n) is 3.20. The van der Waals surface area contributed by atoms with E-state index in [1.54, 1.807) is 0 Å². The molecular formula is C24H46O2. The van der Waals surface area contributed by atoms with Crippen LogP contribution >= 0.6 is 0 Å². The van der Waals surface area contributed by atoms with Crippen molar-refractivity contribution in [1.82, 2.24) is 0 Å². The number of ether oxygens (including phenoxy) is 1. The lowest BCUT2D eigenvalue weighted by atomic mass is 10.1. The topological polar surface area (TPSA) is 26.3 Å². The van der Waals surface area contributed by atoms with Gasteiger partial charge in [0.2, 0.25) is 0 Å². The van der Waals surface area contributed by atoms with Gasteiger partial charge in [-0.25, -0.2) is 0 Å². The van der Waals surface area contributed by atoms with Crippen molar-refractivity contribution in [2.45, 2.75) is 136 Å². The first-order valence-electron chi connectivity index (χ1n) is 11.6. The predicted molar refractivity (Wildman–Crippen MR) is 115 cm³/mol. The molecular weight excluding hydrogens is 320 g/mol. The van der Waals surface area contributed by atoms with Crippen molar-refractivity contribution in [3.05, 3.63) is 12.2 Å². The Morgan fingerprint density at radius 3 is 2.00 bits per heavy atom. The van der Waals surface area contributed by atoms with Gasteiger partial charge in [-0.3, -0.25) is 4.79 Å². The van der Waals surface area contributed by atoms with Crippen LogP contribution < -0.4 is 0 Å². The summed E-state index contributed by atoms with van der Waals surface area (Å²) in [4.78, 5) is 12.0. The molecule has 154 valence electrons. The predicted octanol–water partition coefficient (Wildman–Crippen LogP) is 8.15. The average molecular weight is 367 g/mol. The highest BCUT2D eigenvalue weighted by Gasteiger charge is 2.12. The second kappa shape index (κ2) is 20.5. The Morgan fingerprint density at radius 2 is 1.31 bits per heavy atom. The van der Waals surface area contributed by atoms with E-state index in [-0.39, 0.29) is 12.1 Å². The Kier molecular flexibility index (Phi) is 19.9. The van der Waals surface area contributed by atoms with Crippen LogP contribution in [0.5, 0.6) is 0 Å². The molecule has 0 rings (SSSR count). The van der Waals surface area contributed by atoms with Crippen molar-refractivity contribution < 1.29 is 9.53 Å². The van der Waals surface area contributed by atoms with Crippen molar-refractivity contribution in [2.75, 3.05) is 0 Å². The summed E-state index contributed by atoms with van der Waals surface area (Å²) in [5.74, 6) is 0.00302. The molecule has 0 aliphatic heterocycles. The number of rotatable bonds is 19. The van der Waals surface area contributed by atoms with E-state index in [0.29, 0.717) is 6.42 Å². The molecule has 0 radical (unpaired) electrons. The van der Waals surface area contributed by atoms with Crippen LogP contribution in [0.1, 0.15) is 130 Å². The lowest BCUT2D eigenvalue weighted by Crippen LogP contribution is -2.17. The third-order valence-electron chi connectivity index (χ3n) is 4.95. The third kappa shape index (κ3) is 18.0. The van der Waals surface area contributed by atoms with Crippen LogP contribution in [0.25, 0.3) is 0 Å². The van der Waals surface area contributed by atoms with Gasteiger partial charge in [0.05, 0.1) is 0 Å². The quantitative estimate of drug-likeness (QED) is 0.131. The number of carbonyl (C=O) groups is 1. The van der Waals surface area contributed by atoms with E-state index in [4.69, 9.17) is 4.74 Å². The molecule has 1 atom stereocenters. The van der Waals surface area contributed by atoms with Gasteiger partial charge in [0.1, 0.15) is 6.10 Å². The van der Waals surface area contributed by atoms with E-state index in [2.05, 4.69) is 32.9 Å². The third-order valence-corrected chi connectivity index (χ3v) is 4.95. The molecule has 0 heterocycles. The van der Waals surface area contributed by atoms with Gasteiger partial charge in [0, 0.05) is 12.8 Å². The summed E-state index contributed by atoms with van der Waals surface area (Å²) in [6.45, 7) is 6.66. The molecule has 0 amide bonds. The summed E-state index contributed by atoms with van der Waals surface area (Å²) in [7, 11) is 0. The zero-order valence-corrected chi connectivity index (χ0v) is 18.1. The first kappa shape index (κ1) is 25.2. The van der Waals surface area contributed by atoms with E-state index in [1.165, 1.54) is 70.6 Å². The fourth-order valence-corrected chi connectivity index (χ4v) is 3.20.